The molecule has 1 fully saturated rings. The Morgan fingerprint density at radius 3 is 2.59 bits per heavy atom. The van der Waals surface area contributed by atoms with E-state index in [2.05, 4.69) is 15.7 Å². The smallest absolute Gasteiger partial charge is 0.151 e. The Hall–Kier alpha value is -2.80. The number of hydrogen-bond acceptors (Lipinski definition) is 4. The fourth-order valence-electron chi connectivity index (χ4n) is 3.61. The summed E-state index contributed by atoms with van der Waals surface area (Å²) in [4.78, 5) is 0. The van der Waals surface area contributed by atoms with Gasteiger partial charge in [0, 0.05) is 36.5 Å². The van der Waals surface area contributed by atoms with Crippen LogP contribution in [0.4, 0.5) is 14.5 Å². The van der Waals surface area contributed by atoms with Crippen LogP contribution in [-0.2, 0) is 7.05 Å². The van der Waals surface area contributed by atoms with E-state index in [1.165, 1.54) is 12.1 Å². The number of hydrogen-bond donors (Lipinski definition) is 3. The van der Waals surface area contributed by atoms with Gasteiger partial charge < -0.3 is 16.0 Å². The summed E-state index contributed by atoms with van der Waals surface area (Å²) in [5.41, 5.74) is 2.17. The third-order valence-electron chi connectivity index (χ3n) is 4.97. The second-order valence-electron chi connectivity index (χ2n) is 6.93. The van der Waals surface area contributed by atoms with Gasteiger partial charge in [0.15, 0.2) is 5.82 Å². The average molecular weight is 369 g/mol. The summed E-state index contributed by atoms with van der Waals surface area (Å²) in [5.74, 6) is -0.881. The fraction of sp³-hybridized carbons (Fsp3) is 0.300. The van der Waals surface area contributed by atoms with Crippen molar-refractivity contribution in [1.82, 2.24) is 15.1 Å². The van der Waals surface area contributed by atoms with Crippen molar-refractivity contribution in [1.29, 1.82) is 5.41 Å². The van der Waals surface area contributed by atoms with Crippen LogP contribution in [0.15, 0.2) is 30.5 Å². The lowest BCUT2D eigenvalue weighted by Gasteiger charge is -2.26. The van der Waals surface area contributed by atoms with Crippen LogP contribution >= 0.6 is 0 Å². The van der Waals surface area contributed by atoms with E-state index in [0.717, 1.165) is 32.1 Å². The zero-order valence-electron chi connectivity index (χ0n) is 15.0. The van der Waals surface area contributed by atoms with Gasteiger partial charge >= 0.3 is 0 Å². The van der Waals surface area contributed by atoms with Crippen molar-refractivity contribution in [3.05, 3.63) is 47.7 Å². The third-order valence-corrected chi connectivity index (χ3v) is 4.97. The number of nitrogens with one attached hydrogen (secondary N) is 3. The van der Waals surface area contributed by atoms with Gasteiger partial charge in [-0.1, -0.05) is 0 Å². The van der Waals surface area contributed by atoms with Gasteiger partial charge in [0.05, 0.1) is 5.69 Å². The Balaban J connectivity index is 1.73. The normalized spacial score (nSPS) is 15.2. The quantitative estimate of drug-likeness (QED) is 0.615. The first-order chi connectivity index (χ1) is 13.0. The molecule has 1 aliphatic heterocycles. The van der Waals surface area contributed by atoms with Gasteiger partial charge in [-0.25, -0.2) is 8.78 Å². The van der Waals surface area contributed by atoms with Crippen molar-refractivity contribution in [3.8, 4) is 11.1 Å². The lowest BCUT2D eigenvalue weighted by molar-refractivity contribution is 0.477. The van der Waals surface area contributed by atoms with E-state index in [9.17, 15) is 8.78 Å². The Bertz CT molecular complexity index is 1010. The molecular formula is C20H21F2N5. The minimum atomic E-state index is -0.447. The van der Waals surface area contributed by atoms with Crippen LogP contribution in [0, 0.1) is 17.0 Å². The molecular weight excluding hydrogens is 348 g/mol. The molecule has 3 aromatic rings. The fourth-order valence-corrected chi connectivity index (χ4v) is 3.61. The van der Waals surface area contributed by atoms with Crippen LogP contribution in [-0.4, -0.2) is 35.1 Å². The Morgan fingerprint density at radius 1 is 1.15 bits per heavy atom. The molecule has 5 nitrogen and oxygen atoms in total. The molecule has 0 bridgehead atoms. The largest absolute Gasteiger partial charge is 0.379 e. The highest BCUT2D eigenvalue weighted by molar-refractivity contribution is 5.91. The Kier molecular flexibility index (Phi) is 4.61. The van der Waals surface area contributed by atoms with Crippen LogP contribution in [0.2, 0.25) is 0 Å². The van der Waals surface area contributed by atoms with E-state index in [0.29, 0.717) is 27.8 Å². The van der Waals surface area contributed by atoms with Gasteiger partial charge in [0.1, 0.15) is 11.3 Å². The maximum Gasteiger partial charge on any atom is 0.151 e. The summed E-state index contributed by atoms with van der Waals surface area (Å²) < 4.78 is 30.8. The Morgan fingerprint density at radius 2 is 1.85 bits per heavy atom. The molecule has 1 saturated heterocycles. The van der Waals surface area contributed by atoms with Gasteiger partial charge in [-0.05, 0) is 61.3 Å². The second-order valence-corrected chi connectivity index (χ2v) is 6.93. The van der Waals surface area contributed by atoms with Crippen LogP contribution in [0.3, 0.4) is 0 Å². The van der Waals surface area contributed by atoms with E-state index in [1.54, 1.807) is 30.1 Å². The molecule has 1 aliphatic rings. The average Bonchev–Trinajstić information content (AvgIpc) is 3.05. The van der Waals surface area contributed by atoms with Crippen molar-refractivity contribution in [3.63, 3.8) is 0 Å². The first kappa shape index (κ1) is 17.6. The number of halogens is 2. The topological polar surface area (TPSA) is 65.7 Å². The van der Waals surface area contributed by atoms with Gasteiger partial charge in [0.2, 0.25) is 0 Å². The van der Waals surface area contributed by atoms with Crippen molar-refractivity contribution < 1.29 is 8.78 Å². The molecule has 2 aromatic carbocycles. The van der Waals surface area contributed by atoms with Crippen molar-refractivity contribution in [2.24, 2.45) is 7.05 Å². The summed E-state index contributed by atoms with van der Waals surface area (Å²) in [5, 5.41) is 19.0. The second kappa shape index (κ2) is 7.08. The molecule has 27 heavy (non-hydrogen) atoms. The van der Waals surface area contributed by atoms with Gasteiger partial charge in [0.25, 0.3) is 0 Å². The number of piperidine rings is 1. The zero-order valence-corrected chi connectivity index (χ0v) is 15.0. The van der Waals surface area contributed by atoms with Crippen molar-refractivity contribution in [2.75, 3.05) is 18.4 Å². The lowest BCUT2D eigenvalue weighted by Crippen LogP contribution is -2.35. The molecule has 0 amide bonds. The number of nitrogens with zero attached hydrogens (tertiary/aromatic N) is 2. The van der Waals surface area contributed by atoms with Crippen LogP contribution < -0.4 is 10.6 Å². The summed E-state index contributed by atoms with van der Waals surface area (Å²) >= 11 is 0. The predicted octanol–water partition coefficient (Wildman–Crippen LogP) is 3.68. The van der Waals surface area contributed by atoms with Crippen LogP contribution in [0.5, 0.6) is 0 Å². The highest BCUT2D eigenvalue weighted by Crippen LogP contribution is 2.31. The van der Waals surface area contributed by atoms with E-state index < -0.39 is 11.6 Å². The van der Waals surface area contributed by atoms with Gasteiger partial charge in [-0.3, -0.25) is 4.68 Å². The number of aromatic nitrogens is 2. The minimum absolute atomic E-state index is 0.175. The summed E-state index contributed by atoms with van der Waals surface area (Å²) in [7, 11) is 1.73. The number of fused-ring (bicyclic) bond motifs is 1. The Labute approximate surface area is 155 Å². The molecule has 2 heterocycles. The molecule has 0 spiro atoms. The maximum atomic E-state index is 14.9. The van der Waals surface area contributed by atoms with E-state index in [1.807, 2.05) is 0 Å². The number of anilines is 1. The molecule has 4 rings (SSSR count). The van der Waals surface area contributed by atoms with Crippen LogP contribution in [0.25, 0.3) is 22.0 Å². The highest BCUT2D eigenvalue weighted by Gasteiger charge is 2.18. The van der Waals surface area contributed by atoms with E-state index in [-0.39, 0.29) is 11.6 Å². The predicted molar refractivity (Wildman–Crippen MR) is 103 cm³/mol. The maximum absolute atomic E-state index is 14.9. The molecule has 0 unspecified atom stereocenters. The van der Waals surface area contributed by atoms with Crippen molar-refractivity contribution in [2.45, 2.75) is 18.9 Å². The number of rotatable bonds is 4. The van der Waals surface area contributed by atoms with E-state index >= 15 is 0 Å². The molecule has 1 aromatic heterocycles. The molecule has 140 valence electrons. The lowest BCUT2D eigenvalue weighted by atomic mass is 9.99. The van der Waals surface area contributed by atoms with Gasteiger partial charge in [-0.2, -0.15) is 5.10 Å². The first-order valence-corrected chi connectivity index (χ1v) is 8.99. The SMILES string of the molecule is Cn1cc2cc(-c3cc(F)c(NC4CCNCC4)c(C=N)c3)cc(F)c2n1. The highest BCUT2D eigenvalue weighted by atomic mass is 19.1. The number of aryl methyl sites for hydroxylation is 1. The number of benzene rings is 2. The molecule has 0 saturated carbocycles. The third kappa shape index (κ3) is 3.42. The van der Waals surface area contributed by atoms with E-state index in [4.69, 9.17) is 5.41 Å². The first-order valence-electron chi connectivity index (χ1n) is 8.99. The van der Waals surface area contributed by atoms with Gasteiger partial charge in [-0.15, -0.1) is 0 Å². The molecule has 0 radical (unpaired) electrons. The van der Waals surface area contributed by atoms with Crippen molar-refractivity contribution >= 4 is 22.8 Å². The molecule has 7 heteroatoms. The van der Waals surface area contributed by atoms with Crippen LogP contribution in [0.1, 0.15) is 18.4 Å². The zero-order chi connectivity index (χ0) is 19.0. The summed E-state index contributed by atoms with van der Waals surface area (Å²) in [6.45, 7) is 1.78. The molecule has 0 aliphatic carbocycles. The minimum Gasteiger partial charge on any atom is -0.379 e. The summed E-state index contributed by atoms with van der Waals surface area (Å²) in [6.07, 6.45) is 4.67. The monoisotopic (exact) mass is 369 g/mol. The standard InChI is InChI=1S/C20H21F2N5/c1-27-11-15-7-13(9-18(22)20(15)26-27)12-6-14(10-23)19(17(21)8-12)25-16-2-4-24-5-3-16/h6-11,16,23-25H,2-5H2,1H3. The molecule has 0 atom stereocenters. The summed E-state index contributed by atoms with van der Waals surface area (Å²) in [6, 6.07) is 6.43. The molecule has 3 N–H and O–H groups in total.